The highest BCUT2D eigenvalue weighted by atomic mass is 16.5. The van der Waals surface area contributed by atoms with Crippen molar-refractivity contribution < 1.29 is 14.3 Å². The maximum Gasteiger partial charge on any atom is 0.340 e. The molecular formula is C24H20N2O3. The number of carbonyl (C=O) groups excluding carboxylic acids is 2. The molecule has 0 saturated carbocycles. The summed E-state index contributed by atoms with van der Waals surface area (Å²) in [5.74, 6) is -0.640. The van der Waals surface area contributed by atoms with Gasteiger partial charge in [0, 0.05) is 11.1 Å². The summed E-state index contributed by atoms with van der Waals surface area (Å²) in [6.45, 7) is 4.04. The molecule has 0 aliphatic carbocycles. The Balaban J connectivity index is 1.88. The van der Waals surface area contributed by atoms with Gasteiger partial charge in [0.1, 0.15) is 6.33 Å². The number of ketones is 1. The van der Waals surface area contributed by atoms with Crippen LogP contribution in [0.25, 0.3) is 16.8 Å². The van der Waals surface area contributed by atoms with E-state index in [1.807, 2.05) is 55.5 Å². The first-order valence-corrected chi connectivity index (χ1v) is 9.43. The Hall–Kier alpha value is -3.73. The third kappa shape index (κ3) is 3.55. The van der Waals surface area contributed by atoms with Gasteiger partial charge in [-0.2, -0.15) is 0 Å². The van der Waals surface area contributed by atoms with E-state index < -0.39 is 5.97 Å². The van der Waals surface area contributed by atoms with E-state index in [0.717, 1.165) is 16.8 Å². The first-order chi connectivity index (χ1) is 14.1. The molecule has 29 heavy (non-hydrogen) atoms. The Kier molecular flexibility index (Phi) is 4.96. The SMILES string of the molecule is CCOC(=O)c1cc(C(=O)c2ccccc2)n2cnc(-c3ccc(C)cc3)cc12. The van der Waals surface area contributed by atoms with Crippen LogP contribution in [0, 0.1) is 6.92 Å². The van der Waals surface area contributed by atoms with Crippen molar-refractivity contribution in [2.75, 3.05) is 6.61 Å². The highest BCUT2D eigenvalue weighted by Crippen LogP contribution is 2.25. The summed E-state index contributed by atoms with van der Waals surface area (Å²) in [6.07, 6.45) is 1.59. The molecule has 144 valence electrons. The molecule has 4 rings (SSSR count). The van der Waals surface area contributed by atoms with Crippen LogP contribution < -0.4 is 0 Å². The van der Waals surface area contributed by atoms with Crippen LogP contribution in [0.5, 0.6) is 0 Å². The van der Waals surface area contributed by atoms with E-state index in [1.165, 1.54) is 0 Å². The van der Waals surface area contributed by atoms with E-state index in [4.69, 9.17) is 4.74 Å². The number of fused-ring (bicyclic) bond motifs is 1. The number of hydrogen-bond donors (Lipinski definition) is 0. The minimum absolute atomic E-state index is 0.180. The molecule has 2 heterocycles. The zero-order valence-electron chi connectivity index (χ0n) is 16.3. The molecule has 4 aromatic rings. The van der Waals surface area contributed by atoms with Gasteiger partial charge in [-0.05, 0) is 26.0 Å². The van der Waals surface area contributed by atoms with Crippen LogP contribution in [-0.2, 0) is 4.74 Å². The van der Waals surface area contributed by atoms with Gasteiger partial charge in [0.05, 0.1) is 29.1 Å². The highest BCUT2D eigenvalue weighted by molar-refractivity contribution is 6.11. The zero-order valence-corrected chi connectivity index (χ0v) is 16.3. The number of hydrogen-bond acceptors (Lipinski definition) is 4. The molecule has 0 saturated heterocycles. The van der Waals surface area contributed by atoms with E-state index in [1.54, 1.807) is 35.9 Å². The van der Waals surface area contributed by atoms with E-state index in [0.29, 0.717) is 22.3 Å². The van der Waals surface area contributed by atoms with Crippen LogP contribution >= 0.6 is 0 Å². The number of benzene rings is 2. The Morgan fingerprint density at radius 1 is 1.00 bits per heavy atom. The van der Waals surface area contributed by atoms with Crippen LogP contribution in [0.2, 0.25) is 0 Å². The number of aryl methyl sites for hydroxylation is 1. The van der Waals surface area contributed by atoms with Crippen molar-refractivity contribution >= 4 is 17.3 Å². The van der Waals surface area contributed by atoms with E-state index >= 15 is 0 Å². The van der Waals surface area contributed by atoms with Crippen molar-refractivity contribution in [1.82, 2.24) is 9.38 Å². The Morgan fingerprint density at radius 2 is 1.72 bits per heavy atom. The summed E-state index contributed by atoms with van der Waals surface area (Å²) in [6, 6.07) is 20.4. The molecule has 0 amide bonds. The van der Waals surface area contributed by atoms with Crippen LogP contribution in [0.4, 0.5) is 0 Å². The fraction of sp³-hybridized carbons (Fsp3) is 0.125. The van der Waals surface area contributed by atoms with Gasteiger partial charge in [-0.25, -0.2) is 9.78 Å². The van der Waals surface area contributed by atoms with Gasteiger partial charge < -0.3 is 4.74 Å². The predicted molar refractivity (Wildman–Crippen MR) is 111 cm³/mol. The lowest BCUT2D eigenvalue weighted by atomic mass is 10.1. The van der Waals surface area contributed by atoms with Crippen molar-refractivity contribution in [3.63, 3.8) is 0 Å². The maximum absolute atomic E-state index is 13.0. The molecule has 5 heteroatoms. The average molecular weight is 384 g/mol. The summed E-state index contributed by atoms with van der Waals surface area (Å²) in [7, 11) is 0. The van der Waals surface area contributed by atoms with Gasteiger partial charge in [-0.3, -0.25) is 9.20 Å². The first kappa shape index (κ1) is 18.6. The van der Waals surface area contributed by atoms with Crippen molar-refractivity contribution in [3.05, 3.63) is 95.4 Å². The minimum atomic E-state index is -0.460. The fourth-order valence-corrected chi connectivity index (χ4v) is 3.27. The average Bonchev–Trinajstić information content (AvgIpc) is 3.13. The second-order valence-electron chi connectivity index (χ2n) is 6.75. The van der Waals surface area contributed by atoms with Crippen LogP contribution in [-0.4, -0.2) is 27.7 Å². The minimum Gasteiger partial charge on any atom is -0.462 e. The molecule has 0 fully saturated rings. The van der Waals surface area contributed by atoms with E-state index in [9.17, 15) is 9.59 Å². The van der Waals surface area contributed by atoms with Gasteiger partial charge >= 0.3 is 5.97 Å². The predicted octanol–water partition coefficient (Wildman–Crippen LogP) is 4.72. The van der Waals surface area contributed by atoms with Crippen molar-refractivity contribution in [3.8, 4) is 11.3 Å². The summed E-state index contributed by atoms with van der Waals surface area (Å²) in [4.78, 5) is 30.1. The molecule has 0 unspecified atom stereocenters. The van der Waals surface area contributed by atoms with Gasteiger partial charge in [0.25, 0.3) is 0 Å². The second-order valence-corrected chi connectivity index (χ2v) is 6.75. The first-order valence-electron chi connectivity index (χ1n) is 9.43. The quantitative estimate of drug-likeness (QED) is 0.369. The molecular weight excluding hydrogens is 364 g/mol. The second kappa shape index (κ2) is 7.72. The topological polar surface area (TPSA) is 60.7 Å². The molecule has 0 aliphatic heterocycles. The smallest absolute Gasteiger partial charge is 0.340 e. The number of esters is 1. The molecule has 2 aromatic heterocycles. The molecule has 0 aliphatic rings. The van der Waals surface area contributed by atoms with Gasteiger partial charge in [0.2, 0.25) is 5.78 Å². The van der Waals surface area contributed by atoms with Gasteiger partial charge in [0.15, 0.2) is 0 Å². The Morgan fingerprint density at radius 3 is 2.41 bits per heavy atom. The summed E-state index contributed by atoms with van der Waals surface area (Å²) in [5, 5.41) is 0. The summed E-state index contributed by atoms with van der Waals surface area (Å²) in [5.41, 5.74) is 4.67. The molecule has 0 bridgehead atoms. The zero-order chi connectivity index (χ0) is 20.4. The van der Waals surface area contributed by atoms with Crippen molar-refractivity contribution in [1.29, 1.82) is 0 Å². The maximum atomic E-state index is 13.0. The Bertz CT molecular complexity index is 1190. The Labute approximate surface area is 168 Å². The number of ether oxygens (including phenoxy) is 1. The largest absolute Gasteiger partial charge is 0.462 e. The highest BCUT2D eigenvalue weighted by Gasteiger charge is 2.22. The lowest BCUT2D eigenvalue weighted by molar-refractivity contribution is 0.0529. The van der Waals surface area contributed by atoms with Gasteiger partial charge in [-0.15, -0.1) is 0 Å². The summed E-state index contributed by atoms with van der Waals surface area (Å²) >= 11 is 0. The summed E-state index contributed by atoms with van der Waals surface area (Å²) < 4.78 is 6.86. The molecule has 5 nitrogen and oxygen atoms in total. The third-order valence-corrected chi connectivity index (χ3v) is 4.77. The monoisotopic (exact) mass is 384 g/mol. The van der Waals surface area contributed by atoms with Crippen LogP contribution in [0.1, 0.15) is 38.9 Å². The molecule has 0 atom stereocenters. The van der Waals surface area contributed by atoms with Gasteiger partial charge in [-0.1, -0.05) is 60.2 Å². The van der Waals surface area contributed by atoms with E-state index in [-0.39, 0.29) is 12.4 Å². The third-order valence-electron chi connectivity index (χ3n) is 4.77. The van der Waals surface area contributed by atoms with Crippen molar-refractivity contribution in [2.45, 2.75) is 13.8 Å². The molecule has 2 aromatic carbocycles. The van der Waals surface area contributed by atoms with Crippen LogP contribution in [0.3, 0.4) is 0 Å². The molecule has 0 spiro atoms. The van der Waals surface area contributed by atoms with Crippen molar-refractivity contribution in [2.24, 2.45) is 0 Å². The van der Waals surface area contributed by atoms with E-state index in [2.05, 4.69) is 4.98 Å². The normalized spacial score (nSPS) is 10.8. The van der Waals surface area contributed by atoms with Crippen LogP contribution in [0.15, 0.2) is 73.1 Å². The number of rotatable bonds is 5. The lowest BCUT2D eigenvalue weighted by Gasteiger charge is -2.06. The lowest BCUT2D eigenvalue weighted by Crippen LogP contribution is -2.05. The number of nitrogens with zero attached hydrogens (tertiary/aromatic N) is 2. The number of aromatic nitrogens is 2. The molecule has 0 radical (unpaired) electrons. The number of carbonyl (C=O) groups is 2. The fourth-order valence-electron chi connectivity index (χ4n) is 3.27. The standard InChI is InChI=1S/C24H20N2O3/c1-3-29-24(28)19-13-22(23(27)18-7-5-4-6-8-18)26-15-25-20(14-21(19)26)17-11-9-16(2)10-12-17/h4-15H,3H2,1-2H3. The molecule has 0 N–H and O–H groups in total.